The minimum absolute atomic E-state index is 0.179. The van der Waals surface area contributed by atoms with E-state index in [2.05, 4.69) is 0 Å². The number of nitrogens with zero attached hydrogens (tertiary/aromatic N) is 1. The second kappa shape index (κ2) is 10.3. The molecule has 0 heterocycles. The van der Waals surface area contributed by atoms with Crippen molar-refractivity contribution < 1.29 is 29.0 Å². The summed E-state index contributed by atoms with van der Waals surface area (Å²) in [4.78, 5) is 33.5. The Kier molecular flexibility index (Phi) is 7.53. The van der Waals surface area contributed by atoms with Crippen LogP contribution in [0.5, 0.6) is 11.5 Å². The molecule has 0 spiro atoms. The number of imide groups is 1. The number of amides is 3. The molecular weight excluding hydrogens is 390 g/mol. The molecule has 9 heteroatoms. The van der Waals surface area contributed by atoms with Crippen LogP contribution in [0.1, 0.15) is 28.4 Å². The van der Waals surface area contributed by atoms with E-state index in [1.54, 1.807) is 43.3 Å². The number of hydrogen-bond donors (Lipinski definition) is 3. The highest BCUT2D eigenvalue weighted by Crippen LogP contribution is 2.30. The lowest BCUT2D eigenvalue weighted by Gasteiger charge is -2.13. The second-order valence-electron chi connectivity index (χ2n) is 5.92. The van der Waals surface area contributed by atoms with Crippen LogP contribution in [0.25, 0.3) is 6.08 Å². The number of hydrogen-bond acceptors (Lipinski definition) is 6. The molecule has 2 aromatic carbocycles. The molecule has 0 unspecified atom stereocenters. The van der Waals surface area contributed by atoms with Crippen LogP contribution in [0.4, 0.5) is 4.79 Å². The van der Waals surface area contributed by atoms with Gasteiger partial charge in [0.2, 0.25) is 0 Å². The number of carbonyl (C=O) groups is 3. The molecule has 0 aliphatic heterocycles. The van der Waals surface area contributed by atoms with E-state index < -0.39 is 17.9 Å². The highest BCUT2D eigenvalue weighted by Gasteiger charge is 2.12. The summed E-state index contributed by atoms with van der Waals surface area (Å²) in [5.74, 6) is -1.10. The first-order chi connectivity index (χ1) is 14.3. The van der Waals surface area contributed by atoms with Crippen molar-refractivity contribution in [2.75, 3.05) is 6.61 Å². The Morgan fingerprint density at radius 3 is 2.40 bits per heavy atom. The van der Waals surface area contributed by atoms with Crippen molar-refractivity contribution >= 4 is 24.0 Å². The molecule has 0 saturated heterocycles. The SMILES string of the molecule is CCOc1cc(/C=C(/C#N)C(=O)NC(N)=O)ccc1OCc1ccc(C(=O)O)cc1. The van der Waals surface area contributed by atoms with Crippen molar-refractivity contribution in [1.29, 1.82) is 5.26 Å². The van der Waals surface area contributed by atoms with Gasteiger partial charge < -0.3 is 20.3 Å². The van der Waals surface area contributed by atoms with E-state index in [4.69, 9.17) is 25.6 Å². The molecule has 0 aromatic heterocycles. The zero-order valence-electron chi connectivity index (χ0n) is 16.0. The Bertz CT molecular complexity index is 1020. The number of benzene rings is 2. The quantitative estimate of drug-likeness (QED) is 0.447. The standard InChI is InChI=1S/C21H19N3O6/c1-2-29-18-10-14(9-16(11-22)19(25)24-21(23)28)5-8-17(18)30-12-13-3-6-15(7-4-13)20(26)27/h3-10H,2,12H2,1H3,(H,26,27)(H3,23,24,25,28)/b16-9-. The van der Waals surface area contributed by atoms with Gasteiger partial charge in [0.15, 0.2) is 11.5 Å². The van der Waals surface area contributed by atoms with Crippen LogP contribution >= 0.6 is 0 Å². The van der Waals surface area contributed by atoms with Gasteiger partial charge in [-0.2, -0.15) is 5.26 Å². The Labute approximate surface area is 172 Å². The first kappa shape index (κ1) is 22.0. The predicted octanol–water partition coefficient (Wildman–Crippen LogP) is 2.46. The predicted molar refractivity (Wildman–Crippen MR) is 107 cm³/mol. The van der Waals surface area contributed by atoms with Crippen LogP contribution in [0.3, 0.4) is 0 Å². The van der Waals surface area contributed by atoms with Crippen LogP contribution in [0.2, 0.25) is 0 Å². The molecule has 0 saturated carbocycles. The number of nitrogens with one attached hydrogen (secondary N) is 1. The van der Waals surface area contributed by atoms with E-state index >= 15 is 0 Å². The van der Waals surface area contributed by atoms with Crippen LogP contribution < -0.4 is 20.5 Å². The third-order valence-electron chi connectivity index (χ3n) is 3.78. The van der Waals surface area contributed by atoms with Crippen molar-refractivity contribution in [3.05, 3.63) is 64.7 Å². The van der Waals surface area contributed by atoms with E-state index in [0.29, 0.717) is 23.7 Å². The molecular formula is C21H19N3O6. The lowest BCUT2D eigenvalue weighted by molar-refractivity contribution is -0.115. The molecule has 0 radical (unpaired) electrons. The maximum Gasteiger partial charge on any atom is 0.335 e. The molecule has 0 fully saturated rings. The number of primary amides is 1. The minimum atomic E-state index is -1.06. The topological polar surface area (TPSA) is 152 Å². The summed E-state index contributed by atoms with van der Waals surface area (Å²) in [5.41, 5.74) is 6.02. The summed E-state index contributed by atoms with van der Waals surface area (Å²) in [7, 11) is 0. The summed E-state index contributed by atoms with van der Waals surface area (Å²) in [6.45, 7) is 2.32. The second-order valence-corrected chi connectivity index (χ2v) is 5.92. The largest absolute Gasteiger partial charge is 0.490 e. The minimum Gasteiger partial charge on any atom is -0.490 e. The molecule has 0 aliphatic carbocycles. The Hall–Kier alpha value is -4.32. The first-order valence-corrected chi connectivity index (χ1v) is 8.78. The Balaban J connectivity index is 2.20. The number of carbonyl (C=O) groups excluding carboxylic acids is 2. The molecule has 154 valence electrons. The number of nitrogens with two attached hydrogens (primary N) is 1. The Morgan fingerprint density at radius 1 is 1.13 bits per heavy atom. The van der Waals surface area contributed by atoms with Gasteiger partial charge in [-0.05, 0) is 48.4 Å². The molecule has 0 atom stereocenters. The number of ether oxygens (including phenoxy) is 2. The highest BCUT2D eigenvalue weighted by atomic mass is 16.5. The number of urea groups is 1. The molecule has 0 aliphatic rings. The van der Waals surface area contributed by atoms with Gasteiger partial charge in [0.25, 0.3) is 5.91 Å². The lowest BCUT2D eigenvalue weighted by atomic mass is 10.1. The van der Waals surface area contributed by atoms with Crippen LogP contribution in [0.15, 0.2) is 48.0 Å². The van der Waals surface area contributed by atoms with Gasteiger partial charge in [-0.3, -0.25) is 10.1 Å². The van der Waals surface area contributed by atoms with Crippen molar-refractivity contribution in [2.24, 2.45) is 5.73 Å². The molecule has 4 N–H and O–H groups in total. The molecule has 30 heavy (non-hydrogen) atoms. The van der Waals surface area contributed by atoms with Gasteiger partial charge in [-0.1, -0.05) is 18.2 Å². The monoisotopic (exact) mass is 409 g/mol. The molecule has 2 rings (SSSR count). The molecule has 3 amide bonds. The fraction of sp³-hybridized carbons (Fsp3) is 0.143. The van der Waals surface area contributed by atoms with E-state index in [9.17, 15) is 14.4 Å². The van der Waals surface area contributed by atoms with Crippen LogP contribution in [-0.4, -0.2) is 29.6 Å². The number of rotatable bonds is 8. The zero-order valence-corrected chi connectivity index (χ0v) is 16.0. The van der Waals surface area contributed by atoms with E-state index in [-0.39, 0.29) is 17.7 Å². The lowest BCUT2D eigenvalue weighted by Crippen LogP contribution is -2.35. The maximum atomic E-state index is 11.8. The fourth-order valence-corrected chi connectivity index (χ4v) is 2.40. The third kappa shape index (κ3) is 6.10. The maximum absolute atomic E-state index is 11.8. The molecule has 9 nitrogen and oxygen atoms in total. The number of carboxylic acids is 1. The van der Waals surface area contributed by atoms with E-state index in [0.717, 1.165) is 5.56 Å². The molecule has 0 bridgehead atoms. The summed E-state index contributed by atoms with van der Waals surface area (Å²) in [6.07, 6.45) is 1.29. The fourth-order valence-electron chi connectivity index (χ4n) is 2.40. The first-order valence-electron chi connectivity index (χ1n) is 8.78. The average molecular weight is 409 g/mol. The summed E-state index contributed by atoms with van der Waals surface area (Å²) in [6, 6.07) is 11.7. The summed E-state index contributed by atoms with van der Waals surface area (Å²) < 4.78 is 11.3. The van der Waals surface area contributed by atoms with Crippen LogP contribution in [-0.2, 0) is 11.4 Å². The van der Waals surface area contributed by atoms with Gasteiger partial charge >= 0.3 is 12.0 Å². The zero-order chi connectivity index (χ0) is 22.1. The summed E-state index contributed by atoms with van der Waals surface area (Å²) in [5, 5.41) is 19.9. The van der Waals surface area contributed by atoms with Crippen molar-refractivity contribution in [2.45, 2.75) is 13.5 Å². The van der Waals surface area contributed by atoms with Gasteiger partial charge in [0, 0.05) is 0 Å². The normalized spacial score (nSPS) is 10.6. The smallest absolute Gasteiger partial charge is 0.335 e. The average Bonchev–Trinajstić information content (AvgIpc) is 2.71. The third-order valence-corrected chi connectivity index (χ3v) is 3.78. The van der Waals surface area contributed by atoms with Crippen LogP contribution in [0, 0.1) is 11.3 Å². The van der Waals surface area contributed by atoms with Crippen molar-refractivity contribution in [1.82, 2.24) is 5.32 Å². The van der Waals surface area contributed by atoms with Crippen molar-refractivity contribution in [3.8, 4) is 17.6 Å². The van der Waals surface area contributed by atoms with Gasteiger partial charge in [0.05, 0.1) is 12.2 Å². The Morgan fingerprint density at radius 2 is 1.83 bits per heavy atom. The number of aromatic carboxylic acids is 1. The van der Waals surface area contributed by atoms with E-state index in [1.165, 1.54) is 18.2 Å². The molecule has 2 aromatic rings. The van der Waals surface area contributed by atoms with Gasteiger partial charge in [0.1, 0.15) is 18.2 Å². The highest BCUT2D eigenvalue weighted by molar-refractivity contribution is 6.08. The van der Waals surface area contributed by atoms with Gasteiger partial charge in [-0.25, -0.2) is 9.59 Å². The van der Waals surface area contributed by atoms with E-state index in [1.807, 2.05) is 5.32 Å². The van der Waals surface area contributed by atoms with Crippen molar-refractivity contribution in [3.63, 3.8) is 0 Å². The number of carboxylic acid groups (broad SMARTS) is 1. The summed E-state index contributed by atoms with van der Waals surface area (Å²) >= 11 is 0. The number of nitriles is 1. The van der Waals surface area contributed by atoms with Gasteiger partial charge in [-0.15, -0.1) is 0 Å².